The summed E-state index contributed by atoms with van der Waals surface area (Å²) in [5.41, 5.74) is 2.53. The Balaban J connectivity index is 0.00000200. The number of nitrogens with one attached hydrogen (secondary N) is 1. The molecule has 0 bridgehead atoms. The minimum atomic E-state index is 0. The third-order valence-electron chi connectivity index (χ3n) is 4.00. The second kappa shape index (κ2) is 7.65. The summed E-state index contributed by atoms with van der Waals surface area (Å²) in [6, 6.07) is 8.84. The number of hydrogen-bond donors (Lipinski definition) is 1. The molecule has 112 valence electrons. The third-order valence-corrected chi connectivity index (χ3v) is 4.00. The minimum absolute atomic E-state index is 0. The van der Waals surface area contributed by atoms with Gasteiger partial charge in [0.2, 0.25) is 5.91 Å². The number of halogens is 1. The summed E-state index contributed by atoms with van der Waals surface area (Å²) in [7, 11) is 1.83. The molecule has 3 nitrogen and oxygen atoms in total. The number of piperidine rings is 1. The fourth-order valence-electron chi connectivity index (χ4n) is 2.99. The predicted molar refractivity (Wildman–Crippen MR) is 85.2 cm³/mol. The second-order valence-electron chi connectivity index (χ2n) is 5.59. The Morgan fingerprint density at radius 2 is 2.00 bits per heavy atom. The first-order chi connectivity index (χ1) is 9.13. The Morgan fingerprint density at radius 3 is 2.60 bits per heavy atom. The molecule has 0 aliphatic carbocycles. The van der Waals surface area contributed by atoms with Gasteiger partial charge in [0.15, 0.2) is 0 Å². The molecule has 1 aromatic rings. The molecule has 2 unspecified atom stereocenters. The van der Waals surface area contributed by atoms with Crippen LogP contribution in [0.1, 0.15) is 36.9 Å². The van der Waals surface area contributed by atoms with Crippen molar-refractivity contribution in [1.82, 2.24) is 10.2 Å². The normalized spacial score (nSPS) is 22.2. The average molecular weight is 297 g/mol. The summed E-state index contributed by atoms with van der Waals surface area (Å²) < 4.78 is 0. The molecule has 4 heteroatoms. The SMILES string of the molecule is CNCC(=O)N1CCCC(C)C1c1ccc(C)cc1.Cl. The number of carbonyl (C=O) groups excluding carboxylic acids is 1. The number of nitrogens with zero attached hydrogens (tertiary/aromatic N) is 1. The molecular weight excluding hydrogens is 272 g/mol. The van der Waals surface area contributed by atoms with Gasteiger partial charge in [-0.15, -0.1) is 12.4 Å². The van der Waals surface area contributed by atoms with Crippen molar-refractivity contribution in [3.8, 4) is 0 Å². The highest BCUT2D eigenvalue weighted by molar-refractivity contribution is 5.85. The van der Waals surface area contributed by atoms with Gasteiger partial charge in [0, 0.05) is 6.54 Å². The van der Waals surface area contributed by atoms with E-state index >= 15 is 0 Å². The van der Waals surface area contributed by atoms with Crippen LogP contribution in [0.5, 0.6) is 0 Å². The van der Waals surface area contributed by atoms with E-state index in [1.54, 1.807) is 0 Å². The van der Waals surface area contributed by atoms with E-state index in [2.05, 4.69) is 48.3 Å². The van der Waals surface area contributed by atoms with Crippen LogP contribution < -0.4 is 5.32 Å². The molecule has 1 aliphatic heterocycles. The standard InChI is InChI=1S/C16H24N2O.ClH/c1-12-6-8-14(9-7-12)16-13(2)5-4-10-18(16)15(19)11-17-3;/h6-9,13,16-17H,4-5,10-11H2,1-3H3;1H. The average Bonchev–Trinajstić information content (AvgIpc) is 2.40. The van der Waals surface area contributed by atoms with E-state index in [1.165, 1.54) is 17.5 Å². The lowest BCUT2D eigenvalue weighted by Gasteiger charge is -2.40. The molecule has 2 atom stereocenters. The minimum Gasteiger partial charge on any atom is -0.334 e. The lowest BCUT2D eigenvalue weighted by molar-refractivity contribution is -0.135. The second-order valence-corrected chi connectivity index (χ2v) is 5.59. The van der Waals surface area contributed by atoms with Crippen LogP contribution in [-0.4, -0.2) is 30.9 Å². The molecule has 1 saturated heterocycles. The maximum absolute atomic E-state index is 12.3. The number of aryl methyl sites for hydroxylation is 1. The van der Waals surface area contributed by atoms with Crippen LogP contribution in [0.25, 0.3) is 0 Å². The maximum Gasteiger partial charge on any atom is 0.237 e. The molecule has 1 N–H and O–H groups in total. The molecule has 1 heterocycles. The molecule has 1 aliphatic rings. The maximum atomic E-state index is 12.3. The molecule has 0 spiro atoms. The van der Waals surface area contributed by atoms with Crippen LogP contribution in [0.15, 0.2) is 24.3 Å². The van der Waals surface area contributed by atoms with Crippen LogP contribution in [0.2, 0.25) is 0 Å². The van der Waals surface area contributed by atoms with Gasteiger partial charge in [0.1, 0.15) is 0 Å². The van der Waals surface area contributed by atoms with E-state index < -0.39 is 0 Å². The van der Waals surface area contributed by atoms with E-state index in [0.717, 1.165) is 13.0 Å². The Hall–Kier alpha value is -1.06. The predicted octanol–water partition coefficient (Wildman–Crippen LogP) is 2.94. The van der Waals surface area contributed by atoms with Crippen molar-refractivity contribution < 1.29 is 4.79 Å². The Labute approximate surface area is 128 Å². The number of amides is 1. The summed E-state index contributed by atoms with van der Waals surface area (Å²) in [5, 5.41) is 2.97. The first-order valence-electron chi connectivity index (χ1n) is 7.14. The van der Waals surface area contributed by atoms with Crippen molar-refractivity contribution in [2.75, 3.05) is 20.1 Å². The summed E-state index contributed by atoms with van der Waals surface area (Å²) >= 11 is 0. The van der Waals surface area contributed by atoms with Crippen LogP contribution in [0.4, 0.5) is 0 Å². The molecule has 0 radical (unpaired) electrons. The van der Waals surface area contributed by atoms with E-state index in [-0.39, 0.29) is 24.4 Å². The van der Waals surface area contributed by atoms with Crippen molar-refractivity contribution >= 4 is 18.3 Å². The van der Waals surface area contributed by atoms with Gasteiger partial charge < -0.3 is 10.2 Å². The van der Waals surface area contributed by atoms with Gasteiger partial charge in [-0.3, -0.25) is 4.79 Å². The van der Waals surface area contributed by atoms with Gasteiger partial charge in [0.05, 0.1) is 12.6 Å². The van der Waals surface area contributed by atoms with Gasteiger partial charge in [-0.1, -0.05) is 36.8 Å². The zero-order valence-electron chi connectivity index (χ0n) is 12.6. The number of rotatable bonds is 3. The van der Waals surface area contributed by atoms with Crippen LogP contribution >= 0.6 is 12.4 Å². The molecule has 0 saturated carbocycles. The number of benzene rings is 1. The summed E-state index contributed by atoms with van der Waals surface area (Å²) in [6.45, 7) is 5.65. The Kier molecular flexibility index (Phi) is 6.50. The van der Waals surface area contributed by atoms with E-state index in [4.69, 9.17) is 0 Å². The van der Waals surface area contributed by atoms with Crippen molar-refractivity contribution in [2.24, 2.45) is 5.92 Å². The van der Waals surface area contributed by atoms with Crippen molar-refractivity contribution in [3.05, 3.63) is 35.4 Å². The van der Waals surface area contributed by atoms with Crippen LogP contribution in [0.3, 0.4) is 0 Å². The molecule has 1 fully saturated rings. The highest BCUT2D eigenvalue weighted by Gasteiger charge is 2.32. The zero-order valence-corrected chi connectivity index (χ0v) is 13.4. The van der Waals surface area contributed by atoms with Crippen LogP contribution in [-0.2, 0) is 4.79 Å². The molecule has 1 aromatic carbocycles. The molecule has 0 aromatic heterocycles. The first kappa shape index (κ1) is 17.0. The zero-order chi connectivity index (χ0) is 13.8. The van der Waals surface area contributed by atoms with Crippen molar-refractivity contribution in [3.63, 3.8) is 0 Å². The molecule has 20 heavy (non-hydrogen) atoms. The lowest BCUT2D eigenvalue weighted by Crippen LogP contribution is -2.45. The quantitative estimate of drug-likeness (QED) is 0.930. The van der Waals surface area contributed by atoms with Gasteiger partial charge in [-0.25, -0.2) is 0 Å². The number of likely N-dealkylation sites (tertiary alicyclic amines) is 1. The van der Waals surface area contributed by atoms with Crippen LogP contribution in [0, 0.1) is 12.8 Å². The van der Waals surface area contributed by atoms with Gasteiger partial charge >= 0.3 is 0 Å². The fourth-order valence-corrected chi connectivity index (χ4v) is 2.99. The summed E-state index contributed by atoms with van der Waals surface area (Å²) in [6.07, 6.45) is 2.31. The molecule has 2 rings (SSSR count). The number of likely N-dealkylation sites (N-methyl/N-ethyl adjacent to an activating group) is 1. The highest BCUT2D eigenvalue weighted by atomic mass is 35.5. The third kappa shape index (κ3) is 3.74. The summed E-state index contributed by atoms with van der Waals surface area (Å²) in [4.78, 5) is 14.3. The first-order valence-corrected chi connectivity index (χ1v) is 7.14. The monoisotopic (exact) mass is 296 g/mol. The molecule has 1 amide bonds. The number of carbonyl (C=O) groups is 1. The topological polar surface area (TPSA) is 32.3 Å². The van der Waals surface area contributed by atoms with Gasteiger partial charge in [-0.05, 0) is 38.3 Å². The lowest BCUT2D eigenvalue weighted by atomic mass is 9.85. The Morgan fingerprint density at radius 1 is 1.35 bits per heavy atom. The van der Waals surface area contributed by atoms with E-state index in [1.807, 2.05) is 7.05 Å². The van der Waals surface area contributed by atoms with E-state index in [9.17, 15) is 4.79 Å². The largest absolute Gasteiger partial charge is 0.334 e. The fraction of sp³-hybridized carbons (Fsp3) is 0.562. The number of hydrogen-bond acceptors (Lipinski definition) is 2. The van der Waals surface area contributed by atoms with E-state index in [0.29, 0.717) is 12.5 Å². The van der Waals surface area contributed by atoms with Crippen molar-refractivity contribution in [1.29, 1.82) is 0 Å². The van der Waals surface area contributed by atoms with Crippen molar-refractivity contribution in [2.45, 2.75) is 32.7 Å². The Bertz CT molecular complexity index is 433. The van der Waals surface area contributed by atoms with Gasteiger partial charge in [-0.2, -0.15) is 0 Å². The molecular formula is C16H25ClN2O. The summed E-state index contributed by atoms with van der Waals surface area (Å²) in [5.74, 6) is 0.733. The highest BCUT2D eigenvalue weighted by Crippen LogP contribution is 2.35. The van der Waals surface area contributed by atoms with Gasteiger partial charge in [0.25, 0.3) is 0 Å². The smallest absolute Gasteiger partial charge is 0.237 e.